The molecule has 6 amide bonds. The normalized spacial score (nSPS) is 12.2. The highest BCUT2D eigenvalue weighted by Gasteiger charge is 2.30. The number of primary amides is 1. The van der Waals surface area contributed by atoms with Crippen LogP contribution in [0.5, 0.6) is 5.75 Å². The van der Waals surface area contributed by atoms with E-state index in [1.165, 1.54) is 31.9 Å². The molecule has 2 atom stereocenters. The average molecular weight is 907 g/mol. The molecule has 19 heteroatoms. The highest BCUT2D eigenvalue weighted by molar-refractivity contribution is 5.99. The van der Waals surface area contributed by atoms with E-state index in [1.54, 1.807) is 58.3 Å². The Balaban J connectivity index is 1.09. The third-order valence-corrected chi connectivity index (χ3v) is 11.5. The number of pyridine rings is 1. The first-order valence-electron chi connectivity index (χ1n) is 21.7. The lowest BCUT2D eigenvalue weighted by atomic mass is 9.89. The van der Waals surface area contributed by atoms with Gasteiger partial charge in [0.15, 0.2) is 5.78 Å². The van der Waals surface area contributed by atoms with Gasteiger partial charge in [0.1, 0.15) is 19.0 Å². The van der Waals surface area contributed by atoms with Crippen LogP contribution in [0, 0.1) is 25.7 Å². The predicted octanol–water partition coefficient (Wildman–Crippen LogP) is 6.55. The Morgan fingerprint density at radius 2 is 1.68 bits per heavy atom. The van der Waals surface area contributed by atoms with E-state index in [4.69, 9.17) is 25.5 Å². The van der Waals surface area contributed by atoms with Crippen molar-refractivity contribution in [1.29, 1.82) is 0 Å². The zero-order chi connectivity index (χ0) is 47.9. The van der Waals surface area contributed by atoms with Crippen LogP contribution >= 0.6 is 0 Å². The SMILES string of the molecule is Cc1c2c(c(C)c3cnccc13)-c1cc(OC(=O)N(C)CCN(C)C(=O)OCc3ccc(NC(=O)[C@H](CCCNC(N)=O)CC(=O)[C@@H](NC(=O)COCCN=[N+]=[N-])C(C)C)cc3)ccc1C2. The number of urea groups is 1. The minimum Gasteiger partial charge on any atom is -0.445 e. The first kappa shape index (κ1) is 49.8. The summed E-state index contributed by atoms with van der Waals surface area (Å²) in [4.78, 5) is 86.5. The van der Waals surface area contributed by atoms with Crippen molar-refractivity contribution in [2.75, 3.05) is 58.8 Å². The molecule has 19 nitrogen and oxygen atoms in total. The van der Waals surface area contributed by atoms with Crippen LogP contribution < -0.4 is 26.4 Å². The molecule has 0 radical (unpaired) electrons. The van der Waals surface area contributed by atoms with Crippen LogP contribution in [0.1, 0.15) is 60.9 Å². The maximum Gasteiger partial charge on any atom is 0.415 e. The minimum absolute atomic E-state index is 0.0350. The number of nitrogens with two attached hydrogens (primary N) is 1. The summed E-state index contributed by atoms with van der Waals surface area (Å²) in [5.41, 5.74) is 21.6. The largest absolute Gasteiger partial charge is 0.445 e. The van der Waals surface area contributed by atoms with Gasteiger partial charge in [-0.1, -0.05) is 37.2 Å². The number of azide groups is 1. The Morgan fingerprint density at radius 1 is 0.955 bits per heavy atom. The molecular formula is C47H58N10O9. The Kier molecular flexibility index (Phi) is 17.8. The highest BCUT2D eigenvalue weighted by atomic mass is 16.6. The fraction of sp³-hybridized carbons (Fsp3) is 0.426. The number of hydrogen-bond donors (Lipinski definition) is 4. The Bertz CT molecular complexity index is 2470. The van der Waals surface area contributed by atoms with Crippen LogP contribution in [-0.4, -0.2) is 110 Å². The molecule has 0 bridgehead atoms. The van der Waals surface area contributed by atoms with Crippen LogP contribution in [0.4, 0.5) is 20.1 Å². The smallest absolute Gasteiger partial charge is 0.415 e. The monoisotopic (exact) mass is 906 g/mol. The van der Waals surface area contributed by atoms with Gasteiger partial charge in [-0.2, -0.15) is 0 Å². The zero-order valence-electron chi connectivity index (χ0n) is 38.2. The van der Waals surface area contributed by atoms with E-state index in [0.717, 1.165) is 28.5 Å². The van der Waals surface area contributed by atoms with Crippen LogP contribution in [0.25, 0.3) is 32.3 Å². The number of likely N-dealkylation sites (N-methyl/N-ethyl adjacent to an activating group) is 2. The van der Waals surface area contributed by atoms with Crippen LogP contribution in [0.2, 0.25) is 0 Å². The van der Waals surface area contributed by atoms with Gasteiger partial charge in [0.05, 0.1) is 12.6 Å². The molecule has 0 aliphatic heterocycles. The van der Waals surface area contributed by atoms with Gasteiger partial charge < -0.3 is 45.7 Å². The number of nitrogens with zero attached hydrogens (tertiary/aromatic N) is 6. The van der Waals surface area contributed by atoms with E-state index >= 15 is 0 Å². The number of hydrogen-bond acceptors (Lipinski definition) is 11. The summed E-state index contributed by atoms with van der Waals surface area (Å²) >= 11 is 0. The number of amides is 6. The van der Waals surface area contributed by atoms with Crippen molar-refractivity contribution in [3.63, 3.8) is 0 Å². The van der Waals surface area contributed by atoms with Crippen molar-refractivity contribution in [3.05, 3.63) is 99.2 Å². The fourth-order valence-corrected chi connectivity index (χ4v) is 7.76. The van der Waals surface area contributed by atoms with E-state index in [1.807, 2.05) is 30.6 Å². The van der Waals surface area contributed by atoms with Gasteiger partial charge in [-0.3, -0.25) is 19.4 Å². The minimum atomic E-state index is -0.898. The number of rotatable bonds is 22. The van der Waals surface area contributed by atoms with E-state index in [-0.39, 0.29) is 70.5 Å². The van der Waals surface area contributed by atoms with Gasteiger partial charge in [0, 0.05) is 81.0 Å². The van der Waals surface area contributed by atoms with Crippen molar-refractivity contribution in [2.45, 2.75) is 66.0 Å². The molecule has 0 fully saturated rings. The number of ketones is 1. The van der Waals surface area contributed by atoms with Gasteiger partial charge in [0.2, 0.25) is 11.8 Å². The predicted molar refractivity (Wildman–Crippen MR) is 248 cm³/mol. The summed E-state index contributed by atoms with van der Waals surface area (Å²) in [6, 6.07) is 12.8. The molecule has 0 spiro atoms. The molecule has 0 saturated carbocycles. The molecule has 1 aliphatic rings. The van der Waals surface area contributed by atoms with Crippen molar-refractivity contribution in [2.24, 2.45) is 22.7 Å². The first-order chi connectivity index (χ1) is 31.6. The number of nitrogens with one attached hydrogen (secondary N) is 3. The van der Waals surface area contributed by atoms with E-state index in [0.29, 0.717) is 23.4 Å². The lowest BCUT2D eigenvalue weighted by Crippen LogP contribution is -2.46. The topological polar surface area (TPSA) is 260 Å². The summed E-state index contributed by atoms with van der Waals surface area (Å²) in [5, 5.41) is 13.6. The Labute approximate surface area is 383 Å². The first-order valence-corrected chi connectivity index (χ1v) is 21.7. The summed E-state index contributed by atoms with van der Waals surface area (Å²) in [7, 11) is 3.16. The molecule has 1 aromatic heterocycles. The van der Waals surface area contributed by atoms with Crippen molar-refractivity contribution in [3.8, 4) is 16.9 Å². The number of fused-ring (bicyclic) bond motifs is 4. The Morgan fingerprint density at radius 3 is 2.38 bits per heavy atom. The number of carbonyl (C=O) groups is 6. The molecule has 4 aromatic rings. The van der Waals surface area contributed by atoms with Gasteiger partial charge in [-0.15, -0.1) is 0 Å². The third-order valence-electron chi connectivity index (χ3n) is 11.5. The maximum atomic E-state index is 13.5. The average Bonchev–Trinajstić information content (AvgIpc) is 3.68. The number of benzene rings is 3. The van der Waals surface area contributed by atoms with Gasteiger partial charge in [-0.05, 0) is 119 Å². The molecular weight excluding hydrogens is 849 g/mol. The standard InChI is InChI=1S/C47H58N10O9/c1-28(2)43(54-41(59)27-64-21-18-52-55-49)40(58)23-33(8-7-16-51-45(48)61)44(60)53-34-12-9-31(10-13-34)26-65-46(62)56(5)19-20-57(6)47(63)66-35-14-11-32-22-37-29(3)36-15-17-50-25-39(36)30(4)42(37)38(32)24-35/h9-15,17,24-25,28,33,43H,7-8,16,18-23,26-27H2,1-6H3,(H,53,60)(H,54,59)(H3,48,51,61)/t33-,43+/m1/s1. The van der Waals surface area contributed by atoms with Crippen molar-refractivity contribution < 1.29 is 43.0 Å². The lowest BCUT2D eigenvalue weighted by molar-refractivity contribution is -0.133. The summed E-state index contributed by atoms with van der Waals surface area (Å²) in [6.07, 6.45) is 3.72. The number of aryl methyl sites for hydroxylation is 2. The van der Waals surface area contributed by atoms with Gasteiger partial charge in [-0.25, -0.2) is 14.4 Å². The second kappa shape index (κ2) is 23.6. The molecule has 350 valence electrons. The fourth-order valence-electron chi connectivity index (χ4n) is 7.76. The number of Topliss-reactive ketones (excluding diaryl/α,β-unsaturated/α-hetero) is 1. The highest BCUT2D eigenvalue weighted by Crippen LogP contribution is 2.45. The van der Waals surface area contributed by atoms with Gasteiger partial charge in [0.25, 0.3) is 0 Å². The third kappa shape index (κ3) is 13.4. The molecule has 1 heterocycles. The molecule has 5 rings (SSSR count). The number of ether oxygens (including phenoxy) is 3. The zero-order valence-corrected chi connectivity index (χ0v) is 38.2. The second-order valence-corrected chi connectivity index (χ2v) is 16.6. The van der Waals surface area contributed by atoms with E-state index < -0.39 is 42.0 Å². The quantitative estimate of drug-likeness (QED) is 0.0252. The van der Waals surface area contributed by atoms with Crippen LogP contribution in [0.3, 0.4) is 0 Å². The van der Waals surface area contributed by atoms with Crippen molar-refractivity contribution >= 4 is 52.3 Å². The molecule has 1 aliphatic carbocycles. The van der Waals surface area contributed by atoms with Crippen LogP contribution in [0.15, 0.2) is 66.0 Å². The number of anilines is 1. The Hall–Kier alpha value is -7.24. The number of carbonyl (C=O) groups excluding carboxylic acids is 6. The van der Waals surface area contributed by atoms with E-state index in [9.17, 15) is 28.8 Å². The number of aromatic nitrogens is 1. The molecule has 3 aromatic carbocycles. The molecule has 0 saturated heterocycles. The molecule has 66 heavy (non-hydrogen) atoms. The molecule has 0 unspecified atom stereocenters. The summed E-state index contributed by atoms with van der Waals surface area (Å²) in [6.45, 7) is 8.00. The second-order valence-electron chi connectivity index (χ2n) is 16.6. The maximum absolute atomic E-state index is 13.5. The summed E-state index contributed by atoms with van der Waals surface area (Å²) in [5.74, 6) is -2.02. The lowest BCUT2D eigenvalue weighted by Gasteiger charge is -2.24. The van der Waals surface area contributed by atoms with Gasteiger partial charge >= 0.3 is 18.2 Å². The summed E-state index contributed by atoms with van der Waals surface area (Å²) < 4.78 is 16.5. The van der Waals surface area contributed by atoms with Crippen molar-refractivity contribution in [1.82, 2.24) is 25.4 Å². The van der Waals surface area contributed by atoms with Crippen LogP contribution in [-0.2, 0) is 36.9 Å². The molecule has 5 N–H and O–H groups in total. The van der Waals surface area contributed by atoms with E-state index in [2.05, 4.69) is 44.8 Å².